The summed E-state index contributed by atoms with van der Waals surface area (Å²) >= 11 is 3.24. The number of benzene rings is 3. The third-order valence-electron chi connectivity index (χ3n) is 12.0. The SMILES string of the molecule is C.C.C.C=COCCO.O=C1CCC(N2C(=O)c3ccc(/C=C/OCCO)cc3C2=O)C(=O)N1.O=C1CCC(N2C(=O)c3ccc(Br)cc3C2=O)C(=O)N1.O=C1CCC(N2C(=O)c3ccc(CCOCCO)cc3C2=O)C(=O)N1. The minimum Gasteiger partial charge on any atom is -0.499 e. The van der Waals surface area contributed by atoms with Gasteiger partial charge in [0.05, 0.1) is 78.9 Å². The molecule has 0 saturated carbocycles. The number of amides is 12. The van der Waals surface area contributed by atoms with Crippen LogP contribution in [-0.4, -0.2) is 165 Å². The van der Waals surface area contributed by atoms with Gasteiger partial charge in [-0.2, -0.15) is 0 Å². The van der Waals surface area contributed by atoms with Crippen molar-refractivity contribution >= 4 is 92.9 Å². The van der Waals surface area contributed by atoms with Gasteiger partial charge in [-0.15, -0.1) is 0 Å². The maximum absolute atomic E-state index is 12.6. The third-order valence-corrected chi connectivity index (χ3v) is 12.5. The van der Waals surface area contributed by atoms with Crippen LogP contribution >= 0.6 is 15.9 Å². The average Bonchev–Trinajstić information content (AvgIpc) is 3.92. The number of imide groups is 6. The van der Waals surface area contributed by atoms with Gasteiger partial charge in [-0.3, -0.25) is 88.2 Å². The number of fused-ring (bicyclic) bond motifs is 3. The van der Waals surface area contributed by atoms with Crippen molar-refractivity contribution in [1.29, 1.82) is 0 Å². The zero-order valence-electron chi connectivity index (χ0n) is 40.5. The first-order valence-electron chi connectivity index (χ1n) is 23.6. The molecule has 6 N–H and O–H groups in total. The molecule has 6 aliphatic heterocycles. The number of piperidine rings is 3. The summed E-state index contributed by atoms with van der Waals surface area (Å²) in [6.45, 7) is 4.29. The van der Waals surface area contributed by atoms with Crippen LogP contribution in [0, 0.1) is 0 Å². The Kier molecular flexibility index (Phi) is 24.9. The highest BCUT2D eigenvalue weighted by Crippen LogP contribution is 2.32. The first-order chi connectivity index (χ1) is 36.4. The summed E-state index contributed by atoms with van der Waals surface area (Å²) in [7, 11) is 0. The number of hydrogen-bond donors (Lipinski definition) is 6. The van der Waals surface area contributed by atoms with Crippen molar-refractivity contribution < 1.29 is 87.1 Å². The molecule has 0 radical (unpaired) electrons. The summed E-state index contributed by atoms with van der Waals surface area (Å²) < 4.78 is 15.4. The Morgan fingerprint density at radius 3 is 1.32 bits per heavy atom. The summed E-state index contributed by atoms with van der Waals surface area (Å²) in [6.07, 6.45) is 5.54. The van der Waals surface area contributed by atoms with Gasteiger partial charge in [-0.05, 0) is 85.4 Å². The van der Waals surface area contributed by atoms with Gasteiger partial charge in [0.25, 0.3) is 35.4 Å². The second kappa shape index (κ2) is 30.2. The smallest absolute Gasteiger partial charge is 0.262 e. The van der Waals surface area contributed by atoms with Gasteiger partial charge in [0, 0.05) is 23.7 Å². The summed E-state index contributed by atoms with van der Waals surface area (Å²) in [6, 6.07) is 11.6. The first kappa shape index (κ1) is 65.2. The minimum absolute atomic E-state index is 0. The largest absolute Gasteiger partial charge is 0.499 e. The molecule has 12 amide bonds. The minimum atomic E-state index is -0.975. The molecule has 6 heterocycles. The standard InChI is InChI=1S/C17H18N2O6.C17H16N2O6.C13H9BrN2O4.C4H8O2.3CH4/c2*20-6-8-25-7-5-10-1-2-11-12(9-10)17(24)19(16(11)23)13-3-4-14(21)18-15(13)22;14-6-1-2-7-8(5-6)13(20)16(12(7)19)9-3-4-10(17)15-11(9)18;1-2-6-4-3-5;;;/h1-2,9,13,20H,3-8H2,(H,18,21,22);1-2,5,7,9,13,20H,3-4,6,8H2,(H,18,21,22);1-2,5,9H,3-4H2,(H,15,17,18);2,5H,1,3-4H2;3*1H4/b;7-5+;;;;;. The predicted octanol–water partition coefficient (Wildman–Crippen LogP) is 2.60. The fourth-order valence-corrected chi connectivity index (χ4v) is 8.81. The Balaban J connectivity index is 0.000000292. The zero-order chi connectivity index (χ0) is 55.2. The normalized spacial score (nSPS) is 18.9. The molecule has 3 fully saturated rings. The van der Waals surface area contributed by atoms with E-state index >= 15 is 0 Å². The highest BCUT2D eigenvalue weighted by Gasteiger charge is 2.47. The average molecular weight is 1160 g/mol. The zero-order valence-corrected chi connectivity index (χ0v) is 42.0. The number of rotatable bonds is 15. The Morgan fingerprint density at radius 2 is 0.899 bits per heavy atom. The van der Waals surface area contributed by atoms with Gasteiger partial charge >= 0.3 is 0 Å². The molecule has 0 bridgehead atoms. The molecule has 3 saturated heterocycles. The number of halogens is 1. The topological polar surface area (TPSA) is 339 Å². The Bertz CT molecular complexity index is 2910. The van der Waals surface area contributed by atoms with E-state index in [9.17, 15) is 57.5 Å². The highest BCUT2D eigenvalue weighted by atomic mass is 79.9. The lowest BCUT2D eigenvalue weighted by atomic mass is 10.0. The molecule has 424 valence electrons. The quantitative estimate of drug-likeness (QED) is 0.0723. The Hall–Kier alpha value is -8.10. The lowest BCUT2D eigenvalue weighted by molar-refractivity contribution is -0.137. The third kappa shape index (κ3) is 15.3. The van der Waals surface area contributed by atoms with Crippen LogP contribution in [0.5, 0.6) is 0 Å². The molecule has 3 unspecified atom stereocenters. The number of nitrogens with zero attached hydrogens (tertiary/aromatic N) is 3. The van der Waals surface area contributed by atoms with E-state index in [1.54, 1.807) is 54.6 Å². The second-order valence-electron chi connectivity index (χ2n) is 17.0. The van der Waals surface area contributed by atoms with E-state index in [0.717, 1.165) is 20.3 Å². The molecule has 24 nitrogen and oxygen atoms in total. The molecule has 0 spiro atoms. The maximum atomic E-state index is 12.6. The molecule has 79 heavy (non-hydrogen) atoms. The van der Waals surface area contributed by atoms with Crippen molar-refractivity contribution in [3.05, 3.63) is 123 Å². The number of nitrogens with one attached hydrogen (secondary N) is 3. The van der Waals surface area contributed by atoms with Crippen molar-refractivity contribution in [2.75, 3.05) is 46.2 Å². The van der Waals surface area contributed by atoms with Crippen molar-refractivity contribution in [1.82, 2.24) is 30.7 Å². The maximum Gasteiger partial charge on any atom is 0.262 e. The molecule has 25 heteroatoms. The molecule has 9 rings (SSSR count). The van der Waals surface area contributed by atoms with Crippen LogP contribution < -0.4 is 16.0 Å². The Labute approximate surface area is 463 Å². The number of aliphatic hydroxyl groups is 3. The van der Waals surface area contributed by atoms with Gasteiger partial charge in [0.15, 0.2) is 0 Å². The molecule has 0 aliphatic carbocycles. The molecule has 3 atom stereocenters. The fraction of sp³-hybridized carbons (Fsp3) is 0.370. The fourth-order valence-electron chi connectivity index (χ4n) is 8.45. The van der Waals surface area contributed by atoms with Crippen molar-refractivity contribution in [3.63, 3.8) is 0 Å². The summed E-state index contributed by atoms with van der Waals surface area (Å²) in [5.74, 6) is -6.18. The highest BCUT2D eigenvalue weighted by molar-refractivity contribution is 9.10. The van der Waals surface area contributed by atoms with Crippen molar-refractivity contribution in [2.45, 2.75) is 85.4 Å². The summed E-state index contributed by atoms with van der Waals surface area (Å²) in [4.78, 5) is 147. The molecule has 0 aromatic heterocycles. The van der Waals surface area contributed by atoms with Crippen LogP contribution in [0.1, 0.15) is 134 Å². The van der Waals surface area contributed by atoms with Crippen molar-refractivity contribution in [3.8, 4) is 0 Å². The molecular weight excluding hydrogens is 1100 g/mol. The number of hydrogen-bond acceptors (Lipinski definition) is 18. The molecule has 6 aliphatic rings. The molecular formula is C54H63BrN6O18. The predicted molar refractivity (Wildman–Crippen MR) is 284 cm³/mol. The van der Waals surface area contributed by atoms with E-state index in [1.807, 2.05) is 0 Å². The van der Waals surface area contributed by atoms with Gasteiger partial charge in [-0.25, -0.2) is 0 Å². The van der Waals surface area contributed by atoms with Gasteiger partial charge in [0.2, 0.25) is 35.4 Å². The van der Waals surface area contributed by atoms with Crippen LogP contribution in [0.3, 0.4) is 0 Å². The number of aliphatic hydroxyl groups excluding tert-OH is 3. The van der Waals surface area contributed by atoms with Gasteiger partial charge in [-0.1, -0.05) is 56.9 Å². The van der Waals surface area contributed by atoms with E-state index in [4.69, 9.17) is 24.8 Å². The monoisotopic (exact) mass is 1160 g/mol. The van der Waals surface area contributed by atoms with Gasteiger partial charge < -0.3 is 29.5 Å². The number of carbonyl (C=O) groups is 12. The lowest BCUT2D eigenvalue weighted by Crippen LogP contribution is -2.54. The van der Waals surface area contributed by atoms with E-state index in [1.165, 1.54) is 18.6 Å². The van der Waals surface area contributed by atoms with Crippen LogP contribution in [-0.2, 0) is 49.4 Å². The van der Waals surface area contributed by atoms with E-state index in [0.29, 0.717) is 29.7 Å². The van der Waals surface area contributed by atoms with Crippen molar-refractivity contribution in [2.24, 2.45) is 0 Å². The second-order valence-corrected chi connectivity index (χ2v) is 17.9. The Morgan fingerprint density at radius 1 is 0.506 bits per heavy atom. The molecule has 3 aromatic carbocycles. The lowest BCUT2D eigenvalue weighted by Gasteiger charge is -2.27. The number of ether oxygens (including phenoxy) is 3. The van der Waals surface area contributed by atoms with Crippen LogP contribution in [0.15, 0.2) is 78.2 Å². The van der Waals surface area contributed by atoms with Crippen LogP contribution in [0.4, 0.5) is 0 Å². The van der Waals surface area contributed by atoms with E-state index in [2.05, 4.69) is 43.2 Å². The number of carbonyl (C=O) groups excluding carboxylic acids is 12. The first-order valence-corrected chi connectivity index (χ1v) is 24.4. The summed E-state index contributed by atoms with van der Waals surface area (Å²) in [5, 5.41) is 31.8. The van der Waals surface area contributed by atoms with E-state index < -0.39 is 83.1 Å². The molecule has 3 aromatic rings. The van der Waals surface area contributed by atoms with Gasteiger partial charge in [0.1, 0.15) is 31.3 Å². The summed E-state index contributed by atoms with van der Waals surface area (Å²) in [5.41, 5.74) is 2.97. The van der Waals surface area contributed by atoms with E-state index in [-0.39, 0.29) is 133 Å². The van der Waals surface area contributed by atoms with Crippen LogP contribution in [0.2, 0.25) is 0 Å². The van der Waals surface area contributed by atoms with Crippen LogP contribution in [0.25, 0.3) is 6.08 Å².